The zero-order valence-corrected chi connectivity index (χ0v) is 20.1. The van der Waals surface area contributed by atoms with Gasteiger partial charge in [0.1, 0.15) is 5.75 Å². The third-order valence-corrected chi connectivity index (χ3v) is 7.43. The molecule has 8 nitrogen and oxygen atoms in total. The Labute approximate surface area is 198 Å². The van der Waals surface area contributed by atoms with Crippen LogP contribution in [0, 0.1) is 5.92 Å². The van der Waals surface area contributed by atoms with Crippen LogP contribution in [0.3, 0.4) is 0 Å². The minimum atomic E-state index is -3.83. The highest BCUT2D eigenvalue weighted by Crippen LogP contribution is 2.31. The summed E-state index contributed by atoms with van der Waals surface area (Å²) in [7, 11) is -3.83. The third-order valence-electron chi connectivity index (χ3n) is 5.30. The minimum absolute atomic E-state index is 0.0296. The Morgan fingerprint density at radius 1 is 1.09 bits per heavy atom. The Balaban J connectivity index is 1.81. The van der Waals surface area contributed by atoms with Gasteiger partial charge in [-0.15, -0.1) is 0 Å². The van der Waals surface area contributed by atoms with Crippen LogP contribution < -0.4 is 10.1 Å². The van der Waals surface area contributed by atoms with Crippen LogP contribution in [-0.2, 0) is 19.6 Å². The Morgan fingerprint density at radius 3 is 2.45 bits per heavy atom. The summed E-state index contributed by atoms with van der Waals surface area (Å²) in [6.45, 7) is 4.60. The Kier molecular flexibility index (Phi) is 8.34. The van der Waals surface area contributed by atoms with E-state index < -0.39 is 15.9 Å². The lowest BCUT2D eigenvalue weighted by Crippen LogP contribution is -2.40. The van der Waals surface area contributed by atoms with Crippen molar-refractivity contribution in [2.45, 2.75) is 31.6 Å². The van der Waals surface area contributed by atoms with E-state index in [1.807, 2.05) is 0 Å². The molecule has 0 bridgehead atoms. The van der Waals surface area contributed by atoms with Crippen LogP contribution in [0.2, 0.25) is 5.02 Å². The number of sulfonamides is 1. The first-order valence-corrected chi connectivity index (χ1v) is 12.6. The number of anilines is 1. The molecule has 0 saturated carbocycles. The number of esters is 1. The Morgan fingerprint density at radius 2 is 1.82 bits per heavy atom. The van der Waals surface area contributed by atoms with Crippen molar-refractivity contribution >= 4 is 39.2 Å². The van der Waals surface area contributed by atoms with E-state index in [1.54, 1.807) is 32.0 Å². The van der Waals surface area contributed by atoms with Gasteiger partial charge in [0.2, 0.25) is 10.0 Å². The zero-order valence-electron chi connectivity index (χ0n) is 18.5. The number of ether oxygens (including phenoxy) is 2. The van der Waals surface area contributed by atoms with Gasteiger partial charge in [0.15, 0.2) is 0 Å². The number of halogens is 1. The molecule has 0 aromatic heterocycles. The van der Waals surface area contributed by atoms with Crippen LogP contribution >= 0.6 is 11.6 Å². The van der Waals surface area contributed by atoms with Gasteiger partial charge in [-0.05, 0) is 63.1 Å². The molecule has 0 radical (unpaired) electrons. The molecular weight excluding hydrogens is 468 g/mol. The van der Waals surface area contributed by atoms with E-state index in [9.17, 15) is 18.0 Å². The van der Waals surface area contributed by atoms with Crippen molar-refractivity contribution in [2.24, 2.45) is 5.92 Å². The Hall–Kier alpha value is -2.62. The topological polar surface area (TPSA) is 102 Å². The van der Waals surface area contributed by atoms with Gasteiger partial charge in [-0.1, -0.05) is 17.7 Å². The van der Waals surface area contributed by atoms with E-state index >= 15 is 0 Å². The summed E-state index contributed by atoms with van der Waals surface area (Å²) >= 11 is 5.97. The van der Waals surface area contributed by atoms with E-state index in [2.05, 4.69) is 5.32 Å². The van der Waals surface area contributed by atoms with Crippen LogP contribution in [0.1, 0.15) is 37.0 Å². The largest absolute Gasteiger partial charge is 0.492 e. The van der Waals surface area contributed by atoms with Gasteiger partial charge in [0, 0.05) is 23.7 Å². The van der Waals surface area contributed by atoms with Crippen molar-refractivity contribution in [1.29, 1.82) is 0 Å². The maximum atomic E-state index is 13.3. The molecule has 0 aliphatic carbocycles. The van der Waals surface area contributed by atoms with E-state index in [0.717, 1.165) is 0 Å². The first-order chi connectivity index (χ1) is 15.8. The van der Waals surface area contributed by atoms with Crippen LogP contribution in [0.25, 0.3) is 0 Å². The predicted molar refractivity (Wildman–Crippen MR) is 125 cm³/mol. The van der Waals surface area contributed by atoms with Gasteiger partial charge < -0.3 is 14.8 Å². The molecule has 1 fully saturated rings. The first kappa shape index (κ1) is 25.0. The van der Waals surface area contributed by atoms with Crippen molar-refractivity contribution < 1.29 is 27.5 Å². The lowest BCUT2D eigenvalue weighted by atomic mass is 9.98. The highest BCUT2D eigenvalue weighted by atomic mass is 35.5. The van der Waals surface area contributed by atoms with Gasteiger partial charge >= 0.3 is 5.97 Å². The monoisotopic (exact) mass is 494 g/mol. The van der Waals surface area contributed by atoms with Crippen molar-refractivity contribution in [3.63, 3.8) is 0 Å². The molecule has 1 heterocycles. The number of nitrogens with one attached hydrogen (secondary N) is 1. The molecule has 33 heavy (non-hydrogen) atoms. The molecule has 1 N–H and O–H groups in total. The maximum absolute atomic E-state index is 13.3. The second kappa shape index (κ2) is 11.0. The molecule has 0 spiro atoms. The highest BCUT2D eigenvalue weighted by Gasteiger charge is 2.33. The maximum Gasteiger partial charge on any atom is 0.309 e. The molecule has 0 atom stereocenters. The van der Waals surface area contributed by atoms with Crippen LogP contribution in [-0.4, -0.2) is 50.9 Å². The lowest BCUT2D eigenvalue weighted by molar-refractivity contribution is -0.149. The Bertz CT molecular complexity index is 1110. The van der Waals surface area contributed by atoms with Crippen molar-refractivity contribution in [3.05, 3.63) is 53.1 Å². The molecule has 2 aromatic rings. The second-order valence-electron chi connectivity index (χ2n) is 7.49. The fraction of sp³-hybridized carbons (Fsp3) is 0.391. The molecule has 10 heteroatoms. The molecule has 2 aromatic carbocycles. The molecule has 0 unspecified atom stereocenters. The number of piperidine rings is 1. The minimum Gasteiger partial charge on any atom is -0.492 e. The number of nitrogens with zero attached hydrogens (tertiary/aromatic N) is 1. The molecule has 1 saturated heterocycles. The van der Waals surface area contributed by atoms with E-state index in [0.29, 0.717) is 42.4 Å². The molecule has 3 rings (SSSR count). The fourth-order valence-electron chi connectivity index (χ4n) is 3.61. The molecule has 1 aliphatic rings. The molecule has 1 aliphatic heterocycles. The first-order valence-electron chi connectivity index (χ1n) is 10.8. The standard InChI is InChI=1S/C23H27ClN2O6S/c1-3-31-21-9-8-19(15-20(21)25-22(27)17-6-5-7-18(24)14-17)33(29,30)26-12-10-16(11-13-26)23(28)32-4-2/h5-9,14-16H,3-4,10-13H2,1-2H3,(H,25,27). The summed E-state index contributed by atoms with van der Waals surface area (Å²) in [5.74, 6) is -0.679. The SMILES string of the molecule is CCOC(=O)C1CCN(S(=O)(=O)c2ccc(OCC)c(NC(=O)c3cccc(Cl)c3)c2)CC1. The average Bonchev–Trinajstić information content (AvgIpc) is 2.80. The van der Waals surface area contributed by atoms with Gasteiger partial charge in [-0.2, -0.15) is 4.31 Å². The number of amides is 1. The fourth-order valence-corrected chi connectivity index (χ4v) is 5.30. The van der Waals surface area contributed by atoms with Crippen LogP contribution in [0.5, 0.6) is 5.75 Å². The number of hydrogen-bond acceptors (Lipinski definition) is 6. The number of rotatable bonds is 8. The summed E-state index contributed by atoms with van der Waals surface area (Å²) < 4.78 is 38.5. The predicted octanol–water partition coefficient (Wildman–Crippen LogP) is 3.95. The van der Waals surface area contributed by atoms with E-state index in [1.165, 1.54) is 28.6 Å². The lowest BCUT2D eigenvalue weighted by Gasteiger charge is -2.30. The number of carbonyl (C=O) groups is 2. The summed E-state index contributed by atoms with van der Waals surface area (Å²) in [4.78, 5) is 24.7. The average molecular weight is 495 g/mol. The molecular formula is C23H27ClN2O6S. The molecule has 1 amide bonds. The van der Waals surface area contributed by atoms with Crippen molar-refractivity contribution in [2.75, 3.05) is 31.6 Å². The zero-order chi connectivity index (χ0) is 24.0. The number of hydrogen-bond donors (Lipinski definition) is 1. The van der Waals surface area contributed by atoms with Gasteiger partial charge in [-0.25, -0.2) is 8.42 Å². The van der Waals surface area contributed by atoms with E-state index in [-0.39, 0.29) is 35.6 Å². The molecule has 178 valence electrons. The van der Waals surface area contributed by atoms with Gasteiger partial charge in [-0.3, -0.25) is 9.59 Å². The smallest absolute Gasteiger partial charge is 0.309 e. The number of benzene rings is 2. The van der Waals surface area contributed by atoms with Gasteiger partial charge in [0.05, 0.1) is 29.7 Å². The van der Waals surface area contributed by atoms with Crippen molar-refractivity contribution in [1.82, 2.24) is 4.31 Å². The number of carbonyl (C=O) groups excluding carboxylic acids is 2. The quantitative estimate of drug-likeness (QED) is 0.557. The summed E-state index contributed by atoms with van der Waals surface area (Å²) in [5, 5.41) is 3.14. The van der Waals surface area contributed by atoms with Crippen LogP contribution in [0.15, 0.2) is 47.4 Å². The van der Waals surface area contributed by atoms with Gasteiger partial charge in [0.25, 0.3) is 5.91 Å². The summed E-state index contributed by atoms with van der Waals surface area (Å²) in [6, 6.07) is 10.8. The summed E-state index contributed by atoms with van der Waals surface area (Å²) in [6.07, 6.45) is 0.793. The summed E-state index contributed by atoms with van der Waals surface area (Å²) in [5.41, 5.74) is 0.573. The third kappa shape index (κ3) is 6.04. The normalized spacial score (nSPS) is 15.1. The second-order valence-corrected chi connectivity index (χ2v) is 9.86. The van der Waals surface area contributed by atoms with Crippen LogP contribution in [0.4, 0.5) is 5.69 Å². The highest BCUT2D eigenvalue weighted by molar-refractivity contribution is 7.89. The van der Waals surface area contributed by atoms with Crippen molar-refractivity contribution in [3.8, 4) is 5.75 Å². The van der Waals surface area contributed by atoms with E-state index in [4.69, 9.17) is 21.1 Å².